The molecule has 3 rings (SSSR count). The molecule has 0 aliphatic heterocycles. The number of nitrogens with zero attached hydrogens (tertiary/aromatic N) is 3. The smallest absolute Gasteiger partial charge is 0.341 e. The third kappa shape index (κ3) is 5.55. The van der Waals surface area contributed by atoms with E-state index in [0.717, 1.165) is 22.7 Å². The molecule has 0 saturated heterocycles. The Morgan fingerprint density at radius 1 is 1.26 bits per heavy atom. The number of aryl methyl sites for hydroxylation is 2. The zero-order valence-electron chi connectivity index (χ0n) is 18.2. The lowest BCUT2D eigenvalue weighted by molar-refractivity contribution is -0.113. The van der Waals surface area contributed by atoms with Gasteiger partial charge in [-0.25, -0.2) is 4.79 Å². The maximum absolute atomic E-state index is 12.6. The highest BCUT2D eigenvalue weighted by Gasteiger charge is 2.21. The Morgan fingerprint density at radius 3 is 2.68 bits per heavy atom. The Bertz CT molecular complexity index is 1070. The van der Waals surface area contributed by atoms with Gasteiger partial charge >= 0.3 is 5.97 Å². The zero-order valence-corrected chi connectivity index (χ0v) is 20.7. The molecule has 0 radical (unpaired) electrons. The molecule has 3 aromatic heterocycles. The van der Waals surface area contributed by atoms with Crippen LogP contribution in [0.3, 0.4) is 0 Å². The third-order valence-electron chi connectivity index (χ3n) is 4.38. The van der Waals surface area contributed by atoms with Crippen molar-refractivity contribution >= 4 is 51.3 Å². The van der Waals surface area contributed by atoms with Crippen LogP contribution in [0.1, 0.15) is 53.8 Å². The Hall–Kier alpha value is -2.17. The Balaban J connectivity index is 1.72. The standard InChI is InChI=1S/C21H26N4O3S3/c1-6-15-9-14(10-29-15)18-23-24-21(25(18)12(3)4)30-11-17(26)22-19-16(8-13(5)31-19)20(27)28-7-2/h8-10,12H,6-7,11H2,1-5H3,(H,22,26). The van der Waals surface area contributed by atoms with E-state index in [4.69, 9.17) is 4.74 Å². The van der Waals surface area contributed by atoms with Gasteiger partial charge in [-0.05, 0) is 46.2 Å². The topological polar surface area (TPSA) is 86.1 Å². The number of aromatic nitrogens is 3. The molecule has 166 valence electrons. The van der Waals surface area contributed by atoms with Crippen LogP contribution in [-0.4, -0.2) is 39.0 Å². The molecule has 31 heavy (non-hydrogen) atoms. The molecule has 0 fully saturated rings. The summed E-state index contributed by atoms with van der Waals surface area (Å²) in [7, 11) is 0. The lowest BCUT2D eigenvalue weighted by Crippen LogP contribution is -2.16. The van der Waals surface area contributed by atoms with Crippen LogP contribution in [-0.2, 0) is 16.0 Å². The zero-order chi connectivity index (χ0) is 22.5. The van der Waals surface area contributed by atoms with Crippen LogP contribution in [0.5, 0.6) is 0 Å². The summed E-state index contributed by atoms with van der Waals surface area (Å²) in [5.41, 5.74) is 1.44. The van der Waals surface area contributed by atoms with Crippen LogP contribution >= 0.6 is 34.4 Å². The van der Waals surface area contributed by atoms with Gasteiger partial charge in [0.2, 0.25) is 5.91 Å². The second-order valence-electron chi connectivity index (χ2n) is 7.08. The first-order valence-electron chi connectivity index (χ1n) is 10.1. The molecule has 0 aliphatic rings. The van der Waals surface area contributed by atoms with Gasteiger partial charge in [0.15, 0.2) is 11.0 Å². The van der Waals surface area contributed by atoms with Crippen LogP contribution in [0.15, 0.2) is 22.7 Å². The average molecular weight is 479 g/mol. The van der Waals surface area contributed by atoms with Crippen molar-refractivity contribution in [3.05, 3.63) is 32.8 Å². The predicted octanol–water partition coefficient (Wildman–Crippen LogP) is 5.43. The van der Waals surface area contributed by atoms with Crippen LogP contribution in [0.2, 0.25) is 0 Å². The summed E-state index contributed by atoms with van der Waals surface area (Å²) in [6, 6.07) is 4.03. The maximum Gasteiger partial charge on any atom is 0.341 e. The molecule has 1 amide bonds. The van der Waals surface area contributed by atoms with Gasteiger partial charge in [0.25, 0.3) is 0 Å². The normalized spacial score (nSPS) is 11.2. The summed E-state index contributed by atoms with van der Waals surface area (Å²) in [5, 5.41) is 14.9. The molecule has 0 atom stereocenters. The van der Waals surface area contributed by atoms with E-state index >= 15 is 0 Å². The quantitative estimate of drug-likeness (QED) is 0.326. The lowest BCUT2D eigenvalue weighted by Gasteiger charge is -2.13. The SMILES string of the molecule is CCOC(=O)c1cc(C)sc1NC(=O)CSc1nnc(-c2csc(CC)c2)n1C(C)C. The molecular weight excluding hydrogens is 452 g/mol. The fourth-order valence-corrected chi connectivity index (χ4v) is 5.58. The fraction of sp³-hybridized carbons (Fsp3) is 0.429. The molecule has 0 unspecified atom stereocenters. The van der Waals surface area contributed by atoms with E-state index in [1.54, 1.807) is 24.3 Å². The molecule has 7 nitrogen and oxygen atoms in total. The number of rotatable bonds is 9. The van der Waals surface area contributed by atoms with Crippen molar-refractivity contribution in [3.8, 4) is 11.4 Å². The van der Waals surface area contributed by atoms with E-state index < -0.39 is 5.97 Å². The van der Waals surface area contributed by atoms with Gasteiger partial charge in [-0.3, -0.25) is 9.36 Å². The number of amides is 1. The second kappa shape index (κ2) is 10.4. The van der Waals surface area contributed by atoms with E-state index in [-0.39, 0.29) is 24.3 Å². The van der Waals surface area contributed by atoms with Crippen molar-refractivity contribution in [2.75, 3.05) is 17.7 Å². The molecule has 0 saturated carbocycles. The first-order valence-corrected chi connectivity index (χ1v) is 12.7. The van der Waals surface area contributed by atoms with Crippen molar-refractivity contribution in [1.29, 1.82) is 0 Å². The summed E-state index contributed by atoms with van der Waals surface area (Å²) in [6.07, 6.45) is 0.984. The minimum absolute atomic E-state index is 0.149. The molecule has 0 aliphatic carbocycles. The number of carbonyl (C=O) groups excluding carboxylic acids is 2. The number of esters is 1. The first kappa shape index (κ1) is 23.5. The average Bonchev–Trinajstić information content (AvgIpc) is 3.44. The van der Waals surface area contributed by atoms with Gasteiger partial charge in [-0.1, -0.05) is 18.7 Å². The van der Waals surface area contributed by atoms with Gasteiger partial charge in [0.05, 0.1) is 17.9 Å². The van der Waals surface area contributed by atoms with Crippen molar-refractivity contribution < 1.29 is 14.3 Å². The van der Waals surface area contributed by atoms with Gasteiger partial charge < -0.3 is 10.1 Å². The van der Waals surface area contributed by atoms with E-state index in [0.29, 0.717) is 15.7 Å². The van der Waals surface area contributed by atoms with Crippen molar-refractivity contribution in [2.24, 2.45) is 0 Å². The molecule has 0 spiro atoms. The van der Waals surface area contributed by atoms with Gasteiger partial charge in [0, 0.05) is 26.7 Å². The molecule has 3 aromatic rings. The minimum atomic E-state index is -0.429. The largest absolute Gasteiger partial charge is 0.462 e. The number of anilines is 1. The molecule has 3 heterocycles. The van der Waals surface area contributed by atoms with Gasteiger partial charge in [-0.15, -0.1) is 32.9 Å². The molecule has 0 bridgehead atoms. The van der Waals surface area contributed by atoms with Gasteiger partial charge in [-0.2, -0.15) is 0 Å². The Kier molecular flexibility index (Phi) is 7.90. The highest BCUT2D eigenvalue weighted by atomic mass is 32.2. The molecule has 0 aromatic carbocycles. The van der Waals surface area contributed by atoms with E-state index in [1.807, 2.05) is 6.92 Å². The lowest BCUT2D eigenvalue weighted by atomic mass is 10.2. The van der Waals surface area contributed by atoms with E-state index in [2.05, 4.69) is 52.3 Å². The molecule has 1 N–H and O–H groups in total. The summed E-state index contributed by atoms with van der Waals surface area (Å²) >= 11 is 4.40. The minimum Gasteiger partial charge on any atom is -0.462 e. The summed E-state index contributed by atoms with van der Waals surface area (Å²) in [5.74, 6) is 0.336. The van der Waals surface area contributed by atoms with Crippen LogP contribution in [0.4, 0.5) is 5.00 Å². The number of hydrogen-bond donors (Lipinski definition) is 1. The number of thiophene rings is 2. The fourth-order valence-electron chi connectivity index (χ4n) is 2.98. The first-order chi connectivity index (χ1) is 14.8. The van der Waals surface area contributed by atoms with Crippen LogP contribution in [0, 0.1) is 6.92 Å². The summed E-state index contributed by atoms with van der Waals surface area (Å²) in [4.78, 5) is 26.9. The Morgan fingerprint density at radius 2 is 2.03 bits per heavy atom. The summed E-state index contributed by atoms with van der Waals surface area (Å²) in [6.45, 7) is 10.2. The van der Waals surface area contributed by atoms with Crippen LogP contribution < -0.4 is 5.32 Å². The molecule has 10 heteroatoms. The number of hydrogen-bond acceptors (Lipinski definition) is 8. The highest BCUT2D eigenvalue weighted by Crippen LogP contribution is 2.32. The maximum atomic E-state index is 12.6. The monoisotopic (exact) mass is 478 g/mol. The number of carbonyl (C=O) groups is 2. The van der Waals surface area contributed by atoms with Crippen molar-refractivity contribution in [2.45, 2.75) is 52.2 Å². The molecular formula is C21H26N4O3S3. The van der Waals surface area contributed by atoms with Crippen LogP contribution in [0.25, 0.3) is 11.4 Å². The van der Waals surface area contributed by atoms with E-state index in [9.17, 15) is 9.59 Å². The summed E-state index contributed by atoms with van der Waals surface area (Å²) < 4.78 is 7.13. The van der Waals surface area contributed by atoms with Crippen molar-refractivity contribution in [3.63, 3.8) is 0 Å². The van der Waals surface area contributed by atoms with Gasteiger partial charge in [0.1, 0.15) is 5.00 Å². The second-order valence-corrected chi connectivity index (χ2v) is 10.3. The number of ether oxygens (including phenoxy) is 1. The number of nitrogens with one attached hydrogen (secondary N) is 1. The number of thioether (sulfide) groups is 1. The predicted molar refractivity (Wildman–Crippen MR) is 127 cm³/mol. The van der Waals surface area contributed by atoms with Crippen molar-refractivity contribution in [1.82, 2.24) is 14.8 Å². The van der Waals surface area contributed by atoms with E-state index in [1.165, 1.54) is 28.0 Å². The third-order valence-corrected chi connectivity index (χ3v) is 7.37. The Labute approximate surface area is 194 Å². The highest BCUT2D eigenvalue weighted by molar-refractivity contribution is 7.99.